The fourth-order valence-electron chi connectivity index (χ4n) is 2.31. The number of hydrogen-bond donors (Lipinski definition) is 2. The third-order valence-electron chi connectivity index (χ3n) is 3.51. The predicted molar refractivity (Wildman–Crippen MR) is 98.3 cm³/mol. The molecule has 2 N–H and O–H groups in total. The molecule has 0 bridgehead atoms. The van der Waals surface area contributed by atoms with Gasteiger partial charge in [0.2, 0.25) is 0 Å². The smallest absolute Gasteiger partial charge is 0.423 e. The lowest BCUT2D eigenvalue weighted by Gasteiger charge is -2.00. The van der Waals surface area contributed by atoms with E-state index in [4.69, 9.17) is 21.6 Å². The van der Waals surface area contributed by atoms with Crippen molar-refractivity contribution in [1.82, 2.24) is 9.97 Å². The number of nitrogens with zero attached hydrogens (tertiary/aromatic N) is 2. The molecule has 2 aromatic heterocycles. The molecule has 4 aromatic rings. The summed E-state index contributed by atoms with van der Waals surface area (Å²) < 4.78 is 0. The van der Waals surface area contributed by atoms with E-state index >= 15 is 0 Å². The summed E-state index contributed by atoms with van der Waals surface area (Å²) in [6, 6.07) is 18.5. The highest BCUT2D eigenvalue weighted by molar-refractivity contribution is 6.58. The van der Waals surface area contributed by atoms with Crippen LogP contribution >= 0.6 is 11.6 Å². The van der Waals surface area contributed by atoms with Gasteiger partial charge in [-0.05, 0) is 29.7 Å². The second kappa shape index (κ2) is 7.40. The van der Waals surface area contributed by atoms with Crippen LogP contribution in [0.2, 0.25) is 5.02 Å². The van der Waals surface area contributed by atoms with Crippen molar-refractivity contribution in [3.63, 3.8) is 0 Å². The van der Waals surface area contributed by atoms with Crippen LogP contribution in [0, 0.1) is 0 Å². The van der Waals surface area contributed by atoms with E-state index in [2.05, 4.69) is 34.2 Å². The zero-order valence-corrected chi connectivity index (χ0v) is 13.4. The quantitative estimate of drug-likeness (QED) is 0.414. The third kappa shape index (κ3) is 3.71. The van der Waals surface area contributed by atoms with Crippen LogP contribution in [0.25, 0.3) is 21.8 Å². The molecule has 24 heavy (non-hydrogen) atoms. The number of halogens is 1. The maximum Gasteiger partial charge on any atom is 0.488 e. The number of hydrogen-bond acceptors (Lipinski definition) is 4. The molecule has 0 atom stereocenters. The van der Waals surface area contributed by atoms with Gasteiger partial charge in [-0.15, -0.1) is 0 Å². The minimum Gasteiger partial charge on any atom is -0.423 e. The lowest BCUT2D eigenvalue weighted by Crippen LogP contribution is -2.29. The van der Waals surface area contributed by atoms with Gasteiger partial charge in [0.05, 0.1) is 11.0 Å². The van der Waals surface area contributed by atoms with E-state index < -0.39 is 7.12 Å². The summed E-state index contributed by atoms with van der Waals surface area (Å²) in [5.74, 6) is 0. The van der Waals surface area contributed by atoms with E-state index in [1.165, 1.54) is 0 Å². The first-order valence-corrected chi connectivity index (χ1v) is 7.73. The number of rotatable bonds is 1. The Morgan fingerprint density at radius 1 is 0.708 bits per heavy atom. The van der Waals surface area contributed by atoms with Crippen LogP contribution in [0.3, 0.4) is 0 Å². The molecule has 0 spiro atoms. The topological polar surface area (TPSA) is 66.2 Å². The van der Waals surface area contributed by atoms with E-state index in [0.29, 0.717) is 10.5 Å². The average molecular weight is 337 g/mol. The molecule has 0 radical (unpaired) electrons. The van der Waals surface area contributed by atoms with Crippen molar-refractivity contribution in [3.05, 3.63) is 78.1 Å². The maximum absolute atomic E-state index is 8.63. The van der Waals surface area contributed by atoms with Crippen molar-refractivity contribution >= 4 is 46.0 Å². The van der Waals surface area contributed by atoms with Crippen molar-refractivity contribution in [1.29, 1.82) is 0 Å². The molecule has 4 nitrogen and oxygen atoms in total. The highest BCUT2D eigenvalue weighted by Gasteiger charge is 2.08. The average Bonchev–Trinajstić information content (AvgIpc) is 2.62. The van der Waals surface area contributed by atoms with E-state index in [1.54, 1.807) is 36.7 Å². The van der Waals surface area contributed by atoms with Crippen molar-refractivity contribution in [2.24, 2.45) is 0 Å². The fraction of sp³-hybridized carbons (Fsp3) is 0. The Labute approximate surface area is 144 Å². The molecule has 0 amide bonds. The van der Waals surface area contributed by atoms with Crippen molar-refractivity contribution in [3.8, 4) is 0 Å². The summed E-state index contributed by atoms with van der Waals surface area (Å²) >= 11 is 5.55. The minimum atomic E-state index is -1.41. The largest absolute Gasteiger partial charge is 0.488 e. The van der Waals surface area contributed by atoms with Gasteiger partial charge in [0.15, 0.2) is 0 Å². The summed E-state index contributed by atoms with van der Waals surface area (Å²) in [6.07, 6.45) is 3.60. The Hall–Kier alpha value is -2.47. The van der Waals surface area contributed by atoms with Gasteiger partial charge in [-0.1, -0.05) is 48.0 Å². The summed E-state index contributed by atoms with van der Waals surface area (Å²) in [5.41, 5.74) is 2.40. The zero-order valence-electron chi connectivity index (χ0n) is 12.7. The molecule has 118 valence electrons. The van der Waals surface area contributed by atoms with Crippen molar-refractivity contribution in [2.75, 3.05) is 0 Å². The van der Waals surface area contributed by atoms with Crippen LogP contribution in [-0.4, -0.2) is 27.1 Å². The second-order valence-electron chi connectivity index (χ2n) is 5.14. The first-order valence-electron chi connectivity index (χ1n) is 7.35. The Kier molecular flexibility index (Phi) is 5.06. The summed E-state index contributed by atoms with van der Waals surface area (Å²) in [5, 5.41) is 20.1. The van der Waals surface area contributed by atoms with Gasteiger partial charge in [-0.25, -0.2) is 0 Å². The molecule has 0 aliphatic carbocycles. The molecule has 2 heterocycles. The van der Waals surface area contributed by atoms with Crippen LogP contribution in [0.15, 0.2) is 73.1 Å². The van der Waals surface area contributed by atoms with Crippen molar-refractivity contribution in [2.45, 2.75) is 0 Å². The maximum atomic E-state index is 8.63. The molecule has 0 fully saturated rings. The number of pyridine rings is 2. The fourth-order valence-corrected chi connectivity index (χ4v) is 2.44. The van der Waals surface area contributed by atoms with E-state index in [9.17, 15) is 0 Å². The van der Waals surface area contributed by atoms with Gasteiger partial charge in [0.1, 0.15) is 0 Å². The van der Waals surface area contributed by atoms with Crippen molar-refractivity contribution < 1.29 is 10.0 Å². The molecule has 0 aliphatic heterocycles. The monoisotopic (exact) mass is 336 g/mol. The van der Waals surface area contributed by atoms with Gasteiger partial charge in [0, 0.05) is 28.2 Å². The van der Waals surface area contributed by atoms with E-state index in [1.807, 2.05) is 12.1 Å². The highest BCUT2D eigenvalue weighted by atomic mass is 35.5. The Morgan fingerprint density at radius 3 is 1.67 bits per heavy atom. The summed E-state index contributed by atoms with van der Waals surface area (Å²) in [7, 11) is -1.41. The summed E-state index contributed by atoms with van der Waals surface area (Å²) in [6.45, 7) is 0. The highest BCUT2D eigenvalue weighted by Crippen LogP contribution is 2.20. The Bertz CT molecular complexity index is 907. The molecule has 0 saturated heterocycles. The van der Waals surface area contributed by atoms with Gasteiger partial charge in [0.25, 0.3) is 0 Å². The molecule has 0 aliphatic rings. The standard InChI is InChI=1S/C12H8N2.C6H6BClO2/c1-3-9-5-6-10-4-2-8-14-12(10)11(9)13-7-1;8-6-3-1-5(2-4-6)7(9)10/h1-8H;1-4,9-10H. The van der Waals surface area contributed by atoms with Gasteiger partial charge >= 0.3 is 7.12 Å². The first kappa shape index (κ1) is 16.4. The van der Waals surface area contributed by atoms with Crippen LogP contribution in [0.4, 0.5) is 0 Å². The molecule has 4 rings (SSSR count). The van der Waals surface area contributed by atoms with Crippen LogP contribution in [0.5, 0.6) is 0 Å². The lowest BCUT2D eigenvalue weighted by atomic mass is 9.81. The summed E-state index contributed by atoms with van der Waals surface area (Å²) in [4.78, 5) is 8.69. The molecule has 6 heteroatoms. The van der Waals surface area contributed by atoms with Gasteiger partial charge < -0.3 is 10.0 Å². The molecule has 0 saturated carbocycles. The van der Waals surface area contributed by atoms with Gasteiger partial charge in [-0.3, -0.25) is 9.97 Å². The molecule has 0 unspecified atom stereocenters. The first-order chi connectivity index (χ1) is 11.6. The number of fused-ring (bicyclic) bond motifs is 3. The van der Waals surface area contributed by atoms with E-state index in [0.717, 1.165) is 21.8 Å². The third-order valence-corrected chi connectivity index (χ3v) is 3.76. The zero-order chi connectivity index (χ0) is 16.9. The molecular formula is C18H14BClN2O2. The van der Waals surface area contributed by atoms with Crippen LogP contribution < -0.4 is 5.46 Å². The van der Waals surface area contributed by atoms with Crippen LogP contribution in [0.1, 0.15) is 0 Å². The normalized spacial score (nSPS) is 10.3. The number of benzene rings is 2. The van der Waals surface area contributed by atoms with Gasteiger partial charge in [-0.2, -0.15) is 0 Å². The Balaban J connectivity index is 0.000000150. The second-order valence-corrected chi connectivity index (χ2v) is 5.58. The Morgan fingerprint density at radius 2 is 1.21 bits per heavy atom. The predicted octanol–water partition coefficient (Wildman–Crippen LogP) is 2.80. The van der Waals surface area contributed by atoms with E-state index in [-0.39, 0.29) is 0 Å². The lowest BCUT2D eigenvalue weighted by molar-refractivity contribution is 0.426. The van der Waals surface area contributed by atoms with Crippen LogP contribution in [-0.2, 0) is 0 Å². The molecule has 2 aromatic carbocycles. The number of aromatic nitrogens is 2. The molecular weight excluding hydrogens is 322 g/mol. The minimum absolute atomic E-state index is 0.449. The SMILES string of the molecule is OB(O)c1ccc(Cl)cc1.c1cnc2c(c1)ccc1cccnc12.